The van der Waals surface area contributed by atoms with E-state index in [-0.39, 0.29) is 21.9 Å². The van der Waals surface area contributed by atoms with E-state index in [1.807, 2.05) is 24.3 Å². The molecular formula is C28H26N6OS2. The number of nitrogens with two attached hydrogens (primary N) is 2. The summed E-state index contributed by atoms with van der Waals surface area (Å²) in [5.74, 6) is 0.608. The van der Waals surface area contributed by atoms with Crippen LogP contribution < -0.4 is 16.8 Å². The van der Waals surface area contributed by atoms with Crippen molar-refractivity contribution in [3.63, 3.8) is 0 Å². The van der Waals surface area contributed by atoms with Crippen LogP contribution in [0.15, 0.2) is 24.3 Å². The molecule has 186 valence electrons. The highest BCUT2D eigenvalue weighted by atomic mass is 32.1. The number of fused-ring (bicyclic) bond motifs is 2. The Labute approximate surface area is 223 Å². The van der Waals surface area contributed by atoms with E-state index >= 15 is 0 Å². The van der Waals surface area contributed by atoms with Crippen molar-refractivity contribution < 1.29 is 4.79 Å². The van der Waals surface area contributed by atoms with Gasteiger partial charge in [0.15, 0.2) is 0 Å². The molecule has 37 heavy (non-hydrogen) atoms. The number of carbonyl (C=O) groups is 1. The Balaban J connectivity index is 1.60. The predicted molar refractivity (Wildman–Crippen MR) is 151 cm³/mol. The minimum atomic E-state index is -0.401. The number of nitrogen functional groups attached to an aromatic ring is 2. The van der Waals surface area contributed by atoms with Crippen molar-refractivity contribution in [3.05, 3.63) is 56.3 Å². The molecule has 0 bridgehead atoms. The number of rotatable bonds is 4. The molecule has 0 spiro atoms. The summed E-state index contributed by atoms with van der Waals surface area (Å²) in [6, 6.07) is 12.4. The highest BCUT2D eigenvalue weighted by Gasteiger charge is 2.28. The molecule has 1 aliphatic rings. The second-order valence-electron chi connectivity index (χ2n) is 9.78. The van der Waals surface area contributed by atoms with Crippen molar-refractivity contribution in [1.29, 1.82) is 10.5 Å². The van der Waals surface area contributed by atoms with E-state index in [2.05, 4.69) is 43.2 Å². The van der Waals surface area contributed by atoms with Crippen molar-refractivity contribution >= 4 is 55.3 Å². The molecule has 5 N–H and O–H groups in total. The van der Waals surface area contributed by atoms with E-state index in [1.54, 1.807) is 0 Å². The third kappa shape index (κ3) is 4.21. The Bertz CT molecular complexity index is 1630. The Morgan fingerprint density at radius 3 is 2.49 bits per heavy atom. The topological polar surface area (TPSA) is 142 Å². The maximum absolute atomic E-state index is 13.4. The van der Waals surface area contributed by atoms with Gasteiger partial charge in [0, 0.05) is 15.8 Å². The van der Waals surface area contributed by atoms with E-state index in [0.29, 0.717) is 38.2 Å². The number of benzene rings is 1. The molecule has 1 unspecified atom stereocenters. The number of hydrogen-bond acceptors (Lipinski definition) is 8. The van der Waals surface area contributed by atoms with Crippen LogP contribution in [0.25, 0.3) is 21.3 Å². The zero-order valence-electron chi connectivity index (χ0n) is 20.8. The number of pyridine rings is 1. The molecule has 9 heteroatoms. The molecule has 3 aromatic heterocycles. The van der Waals surface area contributed by atoms with Crippen LogP contribution in [-0.2, 0) is 12.8 Å². The SMILES string of the molecule is CC1CCc2c(sc(NC(=O)c3sc4nc(N)c(C#N)c(-c5ccc(C(C)C)cc5)c4c3N)c2C#N)C1. The number of anilines is 3. The van der Waals surface area contributed by atoms with Gasteiger partial charge in [0.25, 0.3) is 5.91 Å². The molecule has 5 rings (SSSR count). The van der Waals surface area contributed by atoms with Crippen LogP contribution in [0.2, 0.25) is 0 Å². The van der Waals surface area contributed by atoms with Crippen LogP contribution in [-0.4, -0.2) is 10.9 Å². The van der Waals surface area contributed by atoms with E-state index in [9.17, 15) is 15.3 Å². The lowest BCUT2D eigenvalue weighted by Gasteiger charge is -2.17. The summed E-state index contributed by atoms with van der Waals surface area (Å²) >= 11 is 2.60. The fourth-order valence-electron chi connectivity index (χ4n) is 4.89. The fourth-order valence-corrected chi connectivity index (χ4v) is 7.26. The van der Waals surface area contributed by atoms with Crippen LogP contribution in [0.1, 0.15) is 69.9 Å². The van der Waals surface area contributed by atoms with Gasteiger partial charge in [0.05, 0.1) is 11.3 Å². The third-order valence-corrected chi connectivity index (χ3v) is 9.21. The van der Waals surface area contributed by atoms with Crippen LogP contribution in [0.3, 0.4) is 0 Å². The molecule has 0 saturated carbocycles. The largest absolute Gasteiger partial charge is 0.397 e. The van der Waals surface area contributed by atoms with Crippen LogP contribution in [0.4, 0.5) is 16.5 Å². The minimum absolute atomic E-state index is 0.0953. The molecule has 1 atom stereocenters. The van der Waals surface area contributed by atoms with Crippen molar-refractivity contribution in [1.82, 2.24) is 4.98 Å². The molecule has 4 aromatic rings. The maximum atomic E-state index is 13.4. The summed E-state index contributed by atoms with van der Waals surface area (Å²) in [6.45, 7) is 6.43. The summed E-state index contributed by atoms with van der Waals surface area (Å²) in [7, 11) is 0. The van der Waals surface area contributed by atoms with Gasteiger partial charge in [-0.05, 0) is 47.8 Å². The monoisotopic (exact) mass is 526 g/mol. The van der Waals surface area contributed by atoms with E-state index in [4.69, 9.17) is 11.5 Å². The van der Waals surface area contributed by atoms with Gasteiger partial charge in [-0.2, -0.15) is 10.5 Å². The average Bonchev–Trinajstić information content (AvgIpc) is 3.38. The Hall–Kier alpha value is -3.92. The molecule has 1 aromatic carbocycles. The number of hydrogen-bond donors (Lipinski definition) is 3. The number of nitrogens with zero attached hydrogens (tertiary/aromatic N) is 3. The zero-order valence-corrected chi connectivity index (χ0v) is 22.4. The van der Waals surface area contributed by atoms with Gasteiger partial charge >= 0.3 is 0 Å². The lowest BCUT2D eigenvalue weighted by Crippen LogP contribution is -2.12. The number of thiophene rings is 2. The number of nitrogens with one attached hydrogen (secondary N) is 1. The number of aromatic nitrogens is 1. The molecule has 1 amide bonds. The zero-order chi connectivity index (χ0) is 26.4. The van der Waals surface area contributed by atoms with Crippen LogP contribution in [0.5, 0.6) is 0 Å². The third-order valence-electron chi connectivity index (χ3n) is 6.94. The molecule has 7 nitrogen and oxygen atoms in total. The maximum Gasteiger partial charge on any atom is 0.268 e. The quantitative estimate of drug-likeness (QED) is 0.280. The number of carbonyl (C=O) groups excluding carboxylic acids is 1. The molecule has 0 aliphatic heterocycles. The summed E-state index contributed by atoms with van der Waals surface area (Å²) in [5.41, 5.74) is 17.3. The van der Waals surface area contributed by atoms with Gasteiger partial charge in [-0.25, -0.2) is 4.98 Å². The summed E-state index contributed by atoms with van der Waals surface area (Å²) in [5, 5.41) is 23.8. The fraction of sp³-hybridized carbons (Fsp3) is 0.286. The molecular weight excluding hydrogens is 500 g/mol. The highest BCUT2D eigenvalue weighted by Crippen LogP contribution is 2.44. The van der Waals surface area contributed by atoms with Crippen molar-refractivity contribution in [3.8, 4) is 23.3 Å². The molecule has 1 aliphatic carbocycles. The second kappa shape index (κ2) is 9.51. The van der Waals surface area contributed by atoms with Crippen molar-refractivity contribution in [2.75, 3.05) is 16.8 Å². The summed E-state index contributed by atoms with van der Waals surface area (Å²) in [4.78, 5) is 19.8. The normalized spacial score (nSPS) is 14.8. The smallest absolute Gasteiger partial charge is 0.268 e. The summed E-state index contributed by atoms with van der Waals surface area (Å²) in [6.07, 6.45) is 2.79. The van der Waals surface area contributed by atoms with Gasteiger partial charge in [-0.3, -0.25) is 4.79 Å². The number of nitriles is 2. The lowest BCUT2D eigenvalue weighted by molar-refractivity contribution is 0.103. The van der Waals surface area contributed by atoms with E-state index in [0.717, 1.165) is 46.6 Å². The standard InChI is InChI=1S/C28H26N6OS2/c1-13(2)15-5-7-16(8-6-15)21-19(12-30)25(32)33-28-22(21)23(31)24(37-28)26(35)34-27-18(11-29)17-9-4-14(3)10-20(17)36-27/h5-8,13-14H,4,9-10,31H2,1-3H3,(H2,32,33)(H,34,35). The molecule has 3 heterocycles. The van der Waals surface area contributed by atoms with Gasteiger partial charge < -0.3 is 16.8 Å². The Morgan fingerprint density at radius 1 is 1.14 bits per heavy atom. The van der Waals surface area contributed by atoms with Gasteiger partial charge in [-0.15, -0.1) is 22.7 Å². The predicted octanol–water partition coefficient (Wildman–Crippen LogP) is 6.43. The second-order valence-corrected chi connectivity index (χ2v) is 11.9. The van der Waals surface area contributed by atoms with Crippen LogP contribution >= 0.6 is 22.7 Å². The summed E-state index contributed by atoms with van der Waals surface area (Å²) < 4.78 is 0. The van der Waals surface area contributed by atoms with E-state index < -0.39 is 5.91 Å². The average molecular weight is 527 g/mol. The molecule has 0 saturated heterocycles. The van der Waals surface area contributed by atoms with Crippen LogP contribution in [0, 0.1) is 28.6 Å². The van der Waals surface area contributed by atoms with Crippen molar-refractivity contribution in [2.45, 2.75) is 46.0 Å². The first kappa shape index (κ1) is 24.8. The number of amides is 1. The Morgan fingerprint density at radius 2 is 1.84 bits per heavy atom. The van der Waals surface area contributed by atoms with Crippen molar-refractivity contribution in [2.24, 2.45) is 5.92 Å². The first-order chi connectivity index (χ1) is 17.7. The molecule has 0 radical (unpaired) electrons. The lowest BCUT2D eigenvalue weighted by atomic mass is 9.89. The minimum Gasteiger partial charge on any atom is -0.397 e. The van der Waals surface area contributed by atoms with Gasteiger partial charge in [0.1, 0.15) is 38.2 Å². The van der Waals surface area contributed by atoms with Gasteiger partial charge in [-0.1, -0.05) is 45.0 Å². The molecule has 0 fully saturated rings. The Kier molecular flexibility index (Phi) is 6.36. The highest BCUT2D eigenvalue weighted by molar-refractivity contribution is 7.21. The van der Waals surface area contributed by atoms with Gasteiger partial charge in [0.2, 0.25) is 0 Å². The first-order valence-electron chi connectivity index (χ1n) is 12.1. The first-order valence-corrected chi connectivity index (χ1v) is 13.7. The van der Waals surface area contributed by atoms with E-state index in [1.165, 1.54) is 16.9 Å².